The van der Waals surface area contributed by atoms with Crippen molar-refractivity contribution in [2.45, 2.75) is 33.0 Å². The lowest BCUT2D eigenvalue weighted by molar-refractivity contribution is -0.141. The second kappa shape index (κ2) is 4.79. The Hall–Kier alpha value is -1.86. The van der Waals surface area contributed by atoms with Crippen LogP contribution in [-0.2, 0) is 17.8 Å². The van der Waals surface area contributed by atoms with Gasteiger partial charge in [-0.2, -0.15) is 18.2 Å². The largest absolute Gasteiger partial charge is 0.481 e. The second-order valence-corrected chi connectivity index (χ2v) is 3.82. The Labute approximate surface area is 99.9 Å². The number of aryl methyl sites for hydroxylation is 1. The number of hydrogen-bond donors (Lipinski definition) is 1. The molecule has 0 radical (unpaired) electrons. The van der Waals surface area contributed by atoms with Gasteiger partial charge in [0.2, 0.25) is 0 Å². The fourth-order valence-electron chi connectivity index (χ4n) is 1.61. The van der Waals surface area contributed by atoms with Gasteiger partial charge < -0.3 is 5.11 Å². The molecule has 1 rings (SSSR count). The Bertz CT molecular complexity index is 534. The summed E-state index contributed by atoms with van der Waals surface area (Å²) in [5.74, 6) is -1.19. The normalized spacial score (nSPS) is 11.6. The molecule has 100 valence electrons. The molecule has 0 aliphatic rings. The minimum absolute atomic E-state index is 0.0211. The third-order valence-electron chi connectivity index (χ3n) is 2.44. The molecule has 0 saturated carbocycles. The van der Waals surface area contributed by atoms with E-state index in [4.69, 9.17) is 5.11 Å². The number of halogens is 3. The highest BCUT2D eigenvalue weighted by Crippen LogP contribution is 2.19. The Morgan fingerprint density at radius 2 is 1.94 bits per heavy atom. The monoisotopic (exact) mass is 264 g/mol. The van der Waals surface area contributed by atoms with Crippen LogP contribution in [0.5, 0.6) is 0 Å². The van der Waals surface area contributed by atoms with Crippen molar-refractivity contribution in [2.75, 3.05) is 0 Å². The summed E-state index contributed by atoms with van der Waals surface area (Å²) in [6.45, 7) is 1.20. The standard InChI is InChI=1S/C10H11F3N2O3/c1-5-7(3-8(16)17)6(2)15(9(18)14-5)4-10(11,12)13/h3-4H2,1-2H3,(H,16,17). The van der Waals surface area contributed by atoms with E-state index in [1.54, 1.807) is 0 Å². The fourth-order valence-corrected chi connectivity index (χ4v) is 1.61. The van der Waals surface area contributed by atoms with Gasteiger partial charge in [0.1, 0.15) is 6.54 Å². The zero-order valence-electron chi connectivity index (χ0n) is 9.71. The van der Waals surface area contributed by atoms with Crippen LogP contribution in [-0.4, -0.2) is 26.8 Å². The van der Waals surface area contributed by atoms with Crippen LogP contribution in [0.2, 0.25) is 0 Å². The van der Waals surface area contributed by atoms with Gasteiger partial charge in [-0.05, 0) is 13.8 Å². The average molecular weight is 264 g/mol. The molecule has 0 unspecified atom stereocenters. The summed E-state index contributed by atoms with van der Waals surface area (Å²) in [4.78, 5) is 25.4. The highest BCUT2D eigenvalue weighted by atomic mass is 19.4. The quantitative estimate of drug-likeness (QED) is 0.885. The fraction of sp³-hybridized carbons (Fsp3) is 0.500. The number of rotatable bonds is 3. The minimum atomic E-state index is -4.56. The van der Waals surface area contributed by atoms with E-state index >= 15 is 0 Å². The lowest BCUT2D eigenvalue weighted by Gasteiger charge is -2.15. The smallest absolute Gasteiger partial charge is 0.406 e. The SMILES string of the molecule is Cc1nc(=O)n(CC(F)(F)F)c(C)c1CC(=O)O. The number of hydrogen-bond acceptors (Lipinski definition) is 3. The minimum Gasteiger partial charge on any atom is -0.481 e. The first-order valence-corrected chi connectivity index (χ1v) is 4.97. The summed E-state index contributed by atoms with van der Waals surface area (Å²) in [7, 11) is 0. The van der Waals surface area contributed by atoms with Crippen LogP contribution < -0.4 is 5.69 Å². The summed E-state index contributed by atoms with van der Waals surface area (Å²) >= 11 is 0. The third-order valence-corrected chi connectivity index (χ3v) is 2.44. The highest BCUT2D eigenvalue weighted by molar-refractivity contribution is 5.70. The Morgan fingerprint density at radius 3 is 2.39 bits per heavy atom. The zero-order chi connectivity index (χ0) is 14.1. The molecule has 0 atom stereocenters. The van der Waals surface area contributed by atoms with Crippen LogP contribution in [0, 0.1) is 13.8 Å². The molecule has 5 nitrogen and oxygen atoms in total. The predicted molar refractivity (Wildman–Crippen MR) is 55.4 cm³/mol. The molecule has 1 aromatic heterocycles. The van der Waals surface area contributed by atoms with Gasteiger partial charge in [0.15, 0.2) is 0 Å². The van der Waals surface area contributed by atoms with Gasteiger partial charge in [0, 0.05) is 17.0 Å². The molecule has 8 heteroatoms. The lowest BCUT2D eigenvalue weighted by atomic mass is 10.1. The number of aliphatic carboxylic acids is 1. The summed E-state index contributed by atoms with van der Waals surface area (Å²) in [6, 6.07) is 0. The van der Waals surface area contributed by atoms with Crippen LogP contribution in [0.15, 0.2) is 4.79 Å². The number of nitrogens with zero attached hydrogens (tertiary/aromatic N) is 2. The van der Waals surface area contributed by atoms with Crippen molar-refractivity contribution in [1.29, 1.82) is 0 Å². The van der Waals surface area contributed by atoms with E-state index in [1.165, 1.54) is 13.8 Å². The van der Waals surface area contributed by atoms with E-state index in [0.717, 1.165) is 0 Å². The Kier molecular flexibility index (Phi) is 3.78. The second-order valence-electron chi connectivity index (χ2n) is 3.82. The van der Waals surface area contributed by atoms with Crippen LogP contribution in [0.4, 0.5) is 13.2 Å². The van der Waals surface area contributed by atoms with Crippen LogP contribution in [0.1, 0.15) is 17.0 Å². The van der Waals surface area contributed by atoms with Gasteiger partial charge in [-0.1, -0.05) is 0 Å². The summed E-state index contributed by atoms with van der Waals surface area (Å²) in [5.41, 5.74) is -0.784. The molecule has 0 spiro atoms. The van der Waals surface area contributed by atoms with Gasteiger partial charge in [0.05, 0.1) is 6.42 Å². The number of carboxylic acid groups (broad SMARTS) is 1. The van der Waals surface area contributed by atoms with E-state index in [2.05, 4.69) is 4.98 Å². The molecule has 1 aromatic rings. The molecular formula is C10H11F3N2O3. The van der Waals surface area contributed by atoms with Crippen molar-refractivity contribution in [1.82, 2.24) is 9.55 Å². The number of aromatic nitrogens is 2. The third kappa shape index (κ3) is 3.31. The van der Waals surface area contributed by atoms with Crippen molar-refractivity contribution in [3.8, 4) is 0 Å². The van der Waals surface area contributed by atoms with Crippen LogP contribution >= 0.6 is 0 Å². The predicted octanol–water partition coefficient (Wildman–Crippen LogP) is 1.05. The molecule has 0 amide bonds. The van der Waals surface area contributed by atoms with E-state index in [9.17, 15) is 22.8 Å². The summed E-state index contributed by atoms with van der Waals surface area (Å²) in [5, 5.41) is 8.67. The molecule has 1 N–H and O–H groups in total. The number of alkyl halides is 3. The van der Waals surface area contributed by atoms with Gasteiger partial charge in [-0.25, -0.2) is 4.79 Å². The first-order valence-electron chi connectivity index (χ1n) is 4.97. The Balaban J connectivity index is 3.35. The molecule has 0 saturated heterocycles. The van der Waals surface area contributed by atoms with Crippen molar-refractivity contribution in [3.05, 3.63) is 27.4 Å². The summed E-state index contributed by atoms with van der Waals surface area (Å²) < 4.78 is 37.3. The molecular weight excluding hydrogens is 253 g/mol. The maximum absolute atomic E-state index is 12.3. The maximum Gasteiger partial charge on any atom is 0.406 e. The highest BCUT2D eigenvalue weighted by Gasteiger charge is 2.30. The molecule has 18 heavy (non-hydrogen) atoms. The zero-order valence-corrected chi connectivity index (χ0v) is 9.71. The molecule has 0 aromatic carbocycles. The number of carbonyl (C=O) groups is 1. The average Bonchev–Trinajstić information content (AvgIpc) is 2.17. The van der Waals surface area contributed by atoms with Crippen molar-refractivity contribution in [3.63, 3.8) is 0 Å². The first-order chi connectivity index (χ1) is 8.11. The van der Waals surface area contributed by atoms with Crippen molar-refractivity contribution < 1.29 is 23.1 Å². The van der Waals surface area contributed by atoms with Gasteiger partial charge in [-0.15, -0.1) is 0 Å². The molecule has 0 bridgehead atoms. The topological polar surface area (TPSA) is 72.2 Å². The van der Waals surface area contributed by atoms with Gasteiger partial charge in [0.25, 0.3) is 0 Å². The first kappa shape index (κ1) is 14.2. The van der Waals surface area contributed by atoms with Crippen molar-refractivity contribution >= 4 is 5.97 Å². The maximum atomic E-state index is 12.3. The lowest BCUT2D eigenvalue weighted by Crippen LogP contribution is -2.33. The van der Waals surface area contributed by atoms with Gasteiger partial charge >= 0.3 is 17.8 Å². The Morgan fingerprint density at radius 1 is 1.39 bits per heavy atom. The molecule has 0 fully saturated rings. The summed E-state index contributed by atoms with van der Waals surface area (Å²) in [6.07, 6.45) is -5.03. The van der Waals surface area contributed by atoms with E-state index in [1.807, 2.05) is 0 Å². The van der Waals surface area contributed by atoms with Crippen molar-refractivity contribution in [2.24, 2.45) is 0 Å². The van der Waals surface area contributed by atoms with E-state index < -0.39 is 30.8 Å². The number of carboxylic acids is 1. The molecule has 1 heterocycles. The van der Waals surface area contributed by atoms with Crippen LogP contribution in [0.3, 0.4) is 0 Å². The van der Waals surface area contributed by atoms with E-state index in [-0.39, 0.29) is 17.0 Å². The van der Waals surface area contributed by atoms with E-state index in [0.29, 0.717) is 4.57 Å². The van der Waals surface area contributed by atoms with Crippen LogP contribution in [0.25, 0.3) is 0 Å². The molecule has 0 aliphatic carbocycles. The van der Waals surface area contributed by atoms with Gasteiger partial charge in [-0.3, -0.25) is 9.36 Å². The molecule has 0 aliphatic heterocycles.